The first kappa shape index (κ1) is 18.9. The maximum absolute atomic E-state index is 13.2. The van der Waals surface area contributed by atoms with E-state index < -0.39 is 0 Å². The number of benzene rings is 2. The van der Waals surface area contributed by atoms with Crippen molar-refractivity contribution in [1.82, 2.24) is 14.9 Å². The van der Waals surface area contributed by atoms with E-state index in [0.29, 0.717) is 24.4 Å². The summed E-state index contributed by atoms with van der Waals surface area (Å²) in [4.78, 5) is 36.7. The average molecular weight is 388 g/mol. The van der Waals surface area contributed by atoms with Gasteiger partial charge in [0.1, 0.15) is 12.2 Å². The summed E-state index contributed by atoms with van der Waals surface area (Å²) >= 11 is 0. The molecule has 0 unspecified atom stereocenters. The molecule has 1 aliphatic heterocycles. The number of rotatable bonds is 4. The molecule has 1 atom stereocenters. The van der Waals surface area contributed by atoms with E-state index >= 15 is 0 Å². The fraction of sp³-hybridized carbons (Fsp3) is 0.261. The molecular formula is C23H24N4O2. The molecule has 29 heavy (non-hydrogen) atoms. The summed E-state index contributed by atoms with van der Waals surface area (Å²) in [6, 6.07) is 17.8. The number of amides is 2. The highest BCUT2D eigenvalue weighted by Gasteiger charge is 2.37. The molecule has 0 bridgehead atoms. The fourth-order valence-corrected chi connectivity index (χ4v) is 3.75. The van der Waals surface area contributed by atoms with Crippen LogP contribution < -0.4 is 4.90 Å². The Morgan fingerprint density at radius 1 is 1.10 bits per heavy atom. The Kier molecular flexibility index (Phi) is 5.16. The highest BCUT2D eigenvalue weighted by atomic mass is 16.2. The van der Waals surface area contributed by atoms with Crippen molar-refractivity contribution in [3.8, 4) is 0 Å². The van der Waals surface area contributed by atoms with Gasteiger partial charge in [-0.3, -0.25) is 9.59 Å². The lowest BCUT2D eigenvalue weighted by molar-refractivity contribution is -0.121. The smallest absolute Gasteiger partial charge is 0.275 e. The molecule has 4 rings (SSSR count). The number of aromatic amines is 1. The Hall–Kier alpha value is -3.41. The van der Waals surface area contributed by atoms with Gasteiger partial charge in [-0.15, -0.1) is 0 Å². The topological polar surface area (TPSA) is 69.3 Å². The minimum absolute atomic E-state index is 0.0382. The van der Waals surface area contributed by atoms with Crippen molar-refractivity contribution in [3.05, 3.63) is 83.4 Å². The number of nitrogens with zero attached hydrogens (tertiary/aromatic N) is 3. The second kappa shape index (κ2) is 7.91. The molecule has 2 aromatic carbocycles. The summed E-state index contributed by atoms with van der Waals surface area (Å²) in [7, 11) is 0. The van der Waals surface area contributed by atoms with E-state index in [9.17, 15) is 9.59 Å². The van der Waals surface area contributed by atoms with Crippen LogP contribution in [-0.2, 0) is 11.2 Å². The van der Waals surface area contributed by atoms with Crippen molar-refractivity contribution in [3.63, 3.8) is 0 Å². The molecule has 0 saturated carbocycles. The van der Waals surface area contributed by atoms with Crippen LogP contribution in [0, 0.1) is 13.8 Å². The van der Waals surface area contributed by atoms with Crippen molar-refractivity contribution in [2.75, 3.05) is 18.0 Å². The van der Waals surface area contributed by atoms with Crippen LogP contribution in [0.4, 0.5) is 5.69 Å². The van der Waals surface area contributed by atoms with Gasteiger partial charge in [-0.1, -0.05) is 48.0 Å². The number of piperazine rings is 1. The van der Waals surface area contributed by atoms with E-state index in [1.54, 1.807) is 9.80 Å². The lowest BCUT2D eigenvalue weighted by Crippen LogP contribution is -2.59. The van der Waals surface area contributed by atoms with Gasteiger partial charge in [-0.25, -0.2) is 4.98 Å². The highest BCUT2D eigenvalue weighted by molar-refractivity contribution is 6.01. The summed E-state index contributed by atoms with van der Waals surface area (Å²) in [5.74, 6) is -0.290. The third kappa shape index (κ3) is 3.92. The Morgan fingerprint density at radius 3 is 2.48 bits per heavy atom. The number of anilines is 1. The van der Waals surface area contributed by atoms with Crippen LogP contribution in [0.15, 0.2) is 60.9 Å². The van der Waals surface area contributed by atoms with E-state index in [2.05, 4.69) is 22.1 Å². The molecular weight excluding hydrogens is 364 g/mol. The zero-order chi connectivity index (χ0) is 20.4. The van der Waals surface area contributed by atoms with Gasteiger partial charge in [0.25, 0.3) is 5.91 Å². The number of hydrogen-bond donors (Lipinski definition) is 1. The summed E-state index contributed by atoms with van der Waals surface area (Å²) in [5.41, 5.74) is 4.22. The lowest BCUT2D eigenvalue weighted by Gasteiger charge is -2.41. The van der Waals surface area contributed by atoms with Crippen LogP contribution in [0.2, 0.25) is 0 Å². The predicted octanol–water partition coefficient (Wildman–Crippen LogP) is 3.13. The maximum Gasteiger partial charge on any atom is 0.275 e. The minimum atomic E-state index is -0.207. The van der Waals surface area contributed by atoms with E-state index in [1.165, 1.54) is 6.33 Å². The third-order valence-electron chi connectivity index (χ3n) is 5.39. The van der Waals surface area contributed by atoms with Crippen molar-refractivity contribution >= 4 is 17.5 Å². The van der Waals surface area contributed by atoms with E-state index in [1.807, 2.05) is 56.3 Å². The number of nitrogens with one attached hydrogen (secondary N) is 1. The average Bonchev–Trinajstić information content (AvgIpc) is 3.16. The van der Waals surface area contributed by atoms with Crippen LogP contribution in [-0.4, -0.2) is 45.8 Å². The standard InChI is InChI=1S/C23H24N4O2/c1-16-8-10-19(11-9-16)26-13-20(12-18-6-4-3-5-7-18)27(14-21(26)28)23(29)22-17(2)24-15-25-22/h3-11,15,20H,12-14H2,1-2H3,(H,24,25)/t20-/m0/s1. The molecule has 6 nitrogen and oxygen atoms in total. The molecule has 0 radical (unpaired) electrons. The molecule has 2 amide bonds. The van der Waals surface area contributed by atoms with Gasteiger partial charge in [-0.05, 0) is 38.0 Å². The molecule has 6 heteroatoms. The van der Waals surface area contributed by atoms with Crippen LogP contribution in [0.5, 0.6) is 0 Å². The first-order valence-corrected chi connectivity index (χ1v) is 9.75. The highest BCUT2D eigenvalue weighted by Crippen LogP contribution is 2.24. The van der Waals surface area contributed by atoms with Crippen molar-refractivity contribution < 1.29 is 9.59 Å². The molecule has 3 aromatic rings. The predicted molar refractivity (Wildman–Crippen MR) is 112 cm³/mol. The summed E-state index contributed by atoms with van der Waals surface area (Å²) in [6.45, 7) is 4.33. The molecule has 1 aliphatic rings. The van der Waals surface area contributed by atoms with E-state index in [-0.39, 0.29) is 24.4 Å². The zero-order valence-corrected chi connectivity index (χ0v) is 16.6. The second-order valence-corrected chi connectivity index (χ2v) is 7.49. The monoisotopic (exact) mass is 388 g/mol. The van der Waals surface area contributed by atoms with Crippen molar-refractivity contribution in [2.45, 2.75) is 26.3 Å². The maximum atomic E-state index is 13.2. The van der Waals surface area contributed by atoms with Crippen LogP contribution in [0.25, 0.3) is 0 Å². The molecule has 148 valence electrons. The second-order valence-electron chi connectivity index (χ2n) is 7.49. The van der Waals surface area contributed by atoms with Gasteiger partial charge < -0.3 is 14.8 Å². The van der Waals surface area contributed by atoms with Gasteiger partial charge in [-0.2, -0.15) is 0 Å². The Labute approximate surface area is 170 Å². The Bertz CT molecular complexity index is 1010. The SMILES string of the molecule is Cc1ccc(N2C[C@H](Cc3ccccc3)N(C(=O)c3nc[nH]c3C)CC2=O)cc1. The minimum Gasteiger partial charge on any atom is -0.348 e. The number of carbonyl (C=O) groups excluding carboxylic acids is 2. The molecule has 1 N–H and O–H groups in total. The number of H-pyrrole nitrogens is 1. The van der Waals surface area contributed by atoms with Crippen molar-refractivity contribution in [2.24, 2.45) is 0 Å². The van der Waals surface area contributed by atoms with Gasteiger partial charge >= 0.3 is 0 Å². The number of aromatic nitrogens is 2. The van der Waals surface area contributed by atoms with Crippen LogP contribution in [0.3, 0.4) is 0 Å². The van der Waals surface area contributed by atoms with Gasteiger partial charge in [0.15, 0.2) is 0 Å². The van der Waals surface area contributed by atoms with E-state index in [0.717, 1.165) is 16.8 Å². The number of imidazole rings is 1. The largest absolute Gasteiger partial charge is 0.348 e. The summed E-state index contributed by atoms with van der Waals surface area (Å²) in [6.07, 6.45) is 2.19. The van der Waals surface area contributed by atoms with Crippen molar-refractivity contribution in [1.29, 1.82) is 0 Å². The summed E-state index contributed by atoms with van der Waals surface area (Å²) in [5, 5.41) is 0. The van der Waals surface area contributed by atoms with Gasteiger partial charge in [0.2, 0.25) is 5.91 Å². The molecule has 1 saturated heterocycles. The first-order valence-electron chi connectivity index (χ1n) is 9.75. The number of carbonyl (C=O) groups is 2. The molecule has 2 heterocycles. The normalized spacial score (nSPS) is 16.9. The Morgan fingerprint density at radius 2 is 1.83 bits per heavy atom. The zero-order valence-electron chi connectivity index (χ0n) is 16.6. The summed E-state index contributed by atoms with van der Waals surface area (Å²) < 4.78 is 0. The molecule has 0 spiro atoms. The first-order chi connectivity index (χ1) is 14.0. The number of hydrogen-bond acceptors (Lipinski definition) is 3. The van der Waals surface area contributed by atoms with Crippen LogP contribution >= 0.6 is 0 Å². The molecule has 0 aliphatic carbocycles. The molecule has 1 fully saturated rings. The van der Waals surface area contributed by atoms with Gasteiger partial charge in [0, 0.05) is 17.9 Å². The fourth-order valence-electron chi connectivity index (χ4n) is 3.75. The van der Waals surface area contributed by atoms with Gasteiger partial charge in [0.05, 0.1) is 12.4 Å². The third-order valence-corrected chi connectivity index (χ3v) is 5.39. The quantitative estimate of drug-likeness (QED) is 0.747. The van der Waals surface area contributed by atoms with E-state index in [4.69, 9.17) is 0 Å². The molecule has 1 aromatic heterocycles. The Balaban J connectivity index is 1.65. The lowest BCUT2D eigenvalue weighted by atomic mass is 10.0. The number of aryl methyl sites for hydroxylation is 2. The van der Waals surface area contributed by atoms with Crippen LogP contribution in [0.1, 0.15) is 27.3 Å².